The minimum Gasteiger partial charge on any atom is -0.484 e. The van der Waals surface area contributed by atoms with E-state index in [1.165, 1.54) is 24.3 Å². The van der Waals surface area contributed by atoms with Gasteiger partial charge >= 0.3 is 6.18 Å². The van der Waals surface area contributed by atoms with Crippen LogP contribution in [0, 0.1) is 11.3 Å². The largest absolute Gasteiger partial charge is 0.484 e. The first kappa shape index (κ1) is 20.2. The van der Waals surface area contributed by atoms with Crippen molar-refractivity contribution < 1.29 is 31.1 Å². The molecule has 142 valence electrons. The lowest BCUT2D eigenvalue weighted by molar-refractivity contribution is -0.137. The predicted octanol–water partition coefficient (Wildman–Crippen LogP) is 1.97. The van der Waals surface area contributed by atoms with E-state index in [1.54, 1.807) is 4.83 Å². The molecule has 2 rings (SSSR count). The van der Waals surface area contributed by atoms with Crippen LogP contribution in [0.5, 0.6) is 5.75 Å². The van der Waals surface area contributed by atoms with E-state index in [-0.39, 0.29) is 5.75 Å². The number of nitrogens with zero attached hydrogens (tertiary/aromatic N) is 1. The van der Waals surface area contributed by atoms with Gasteiger partial charge in [-0.1, -0.05) is 6.07 Å². The van der Waals surface area contributed by atoms with Crippen LogP contribution < -0.4 is 15.0 Å². The number of benzene rings is 2. The summed E-state index contributed by atoms with van der Waals surface area (Å²) in [7, 11) is -4.40. The van der Waals surface area contributed by atoms with E-state index in [0.29, 0.717) is 11.6 Å². The molecular weight excluding hydrogens is 387 g/mol. The fourth-order valence-corrected chi connectivity index (χ4v) is 2.74. The number of carbonyl (C=O) groups excluding carboxylic acids is 1. The summed E-state index contributed by atoms with van der Waals surface area (Å²) >= 11 is 0. The van der Waals surface area contributed by atoms with Gasteiger partial charge in [0.2, 0.25) is 0 Å². The number of hydrogen-bond donors (Lipinski definition) is 2. The lowest BCUT2D eigenvalue weighted by atomic mass is 10.2. The summed E-state index contributed by atoms with van der Waals surface area (Å²) in [6.45, 7) is -0.559. The van der Waals surface area contributed by atoms with Gasteiger partial charge in [-0.25, -0.2) is 8.42 Å². The van der Waals surface area contributed by atoms with E-state index < -0.39 is 39.2 Å². The van der Waals surface area contributed by atoms with Crippen LogP contribution in [-0.4, -0.2) is 20.9 Å². The predicted molar refractivity (Wildman–Crippen MR) is 86.6 cm³/mol. The van der Waals surface area contributed by atoms with Gasteiger partial charge in [-0.2, -0.15) is 18.4 Å². The highest BCUT2D eigenvalue weighted by Crippen LogP contribution is 2.30. The van der Waals surface area contributed by atoms with Gasteiger partial charge in [0, 0.05) is 0 Å². The molecule has 0 spiro atoms. The van der Waals surface area contributed by atoms with Crippen LogP contribution in [0.25, 0.3) is 0 Å². The number of ether oxygens (including phenoxy) is 1. The molecule has 0 aliphatic heterocycles. The van der Waals surface area contributed by atoms with Crippen molar-refractivity contribution in [1.29, 1.82) is 5.26 Å². The van der Waals surface area contributed by atoms with Crippen molar-refractivity contribution in [3.63, 3.8) is 0 Å². The second kappa shape index (κ2) is 8.07. The minimum absolute atomic E-state index is 0.268. The molecule has 7 nitrogen and oxygen atoms in total. The van der Waals surface area contributed by atoms with Gasteiger partial charge in [-0.05, 0) is 42.5 Å². The monoisotopic (exact) mass is 399 g/mol. The molecule has 0 saturated carbocycles. The van der Waals surface area contributed by atoms with E-state index in [1.807, 2.05) is 11.5 Å². The molecule has 0 aromatic heterocycles. The number of carbonyl (C=O) groups is 1. The summed E-state index contributed by atoms with van der Waals surface area (Å²) in [4.78, 5) is 12.7. The maximum absolute atomic E-state index is 12.7. The quantitative estimate of drug-likeness (QED) is 0.722. The lowest BCUT2D eigenvalue weighted by Gasteiger charge is -2.11. The Morgan fingerprint density at radius 1 is 1.15 bits per heavy atom. The summed E-state index contributed by atoms with van der Waals surface area (Å²) in [5, 5.41) is 8.67. The summed E-state index contributed by atoms with van der Waals surface area (Å²) in [5.41, 5.74) is 1.09. The number of rotatable bonds is 6. The van der Waals surface area contributed by atoms with Gasteiger partial charge in [0.05, 0.1) is 22.1 Å². The molecule has 0 aliphatic rings. The number of nitrogens with one attached hydrogen (secondary N) is 2. The van der Waals surface area contributed by atoms with Gasteiger partial charge in [0.15, 0.2) is 6.61 Å². The Morgan fingerprint density at radius 3 is 2.41 bits per heavy atom. The van der Waals surface area contributed by atoms with Crippen LogP contribution in [0.15, 0.2) is 53.4 Å². The number of sulfonamides is 1. The molecule has 0 unspecified atom stereocenters. The van der Waals surface area contributed by atoms with Crippen LogP contribution in [0.3, 0.4) is 0 Å². The summed E-state index contributed by atoms with van der Waals surface area (Å²) in [5.74, 6) is -0.611. The van der Waals surface area contributed by atoms with Crippen molar-refractivity contribution in [1.82, 2.24) is 10.3 Å². The first-order valence-corrected chi connectivity index (χ1v) is 8.71. The van der Waals surface area contributed by atoms with Crippen LogP contribution >= 0.6 is 0 Å². The third kappa shape index (κ3) is 5.70. The number of hydrogen-bond acceptors (Lipinski definition) is 5. The highest BCUT2D eigenvalue weighted by Gasteiger charge is 2.31. The lowest BCUT2D eigenvalue weighted by Crippen LogP contribution is -2.43. The minimum atomic E-state index is -4.70. The molecule has 0 aliphatic carbocycles. The molecule has 0 saturated heterocycles. The van der Waals surface area contributed by atoms with Crippen molar-refractivity contribution in [2.45, 2.75) is 11.1 Å². The molecule has 0 atom stereocenters. The number of nitriles is 1. The van der Waals surface area contributed by atoms with Crippen LogP contribution in [-0.2, 0) is 21.0 Å². The van der Waals surface area contributed by atoms with Gasteiger partial charge < -0.3 is 4.74 Å². The van der Waals surface area contributed by atoms with Crippen molar-refractivity contribution in [2.24, 2.45) is 0 Å². The molecule has 0 radical (unpaired) electrons. The Bertz CT molecular complexity index is 968. The topological polar surface area (TPSA) is 108 Å². The van der Waals surface area contributed by atoms with E-state index in [0.717, 1.165) is 18.2 Å². The van der Waals surface area contributed by atoms with Crippen molar-refractivity contribution in [2.75, 3.05) is 6.61 Å². The molecule has 0 fully saturated rings. The van der Waals surface area contributed by atoms with Gasteiger partial charge in [0.1, 0.15) is 5.75 Å². The Balaban J connectivity index is 1.94. The molecule has 0 bridgehead atoms. The first-order chi connectivity index (χ1) is 12.6. The zero-order chi connectivity index (χ0) is 20.1. The van der Waals surface area contributed by atoms with Crippen molar-refractivity contribution in [3.8, 4) is 11.8 Å². The summed E-state index contributed by atoms with van der Waals surface area (Å²) in [6, 6.07) is 10.8. The van der Waals surface area contributed by atoms with Crippen molar-refractivity contribution in [3.05, 3.63) is 59.7 Å². The third-order valence-electron chi connectivity index (χ3n) is 3.15. The smallest absolute Gasteiger partial charge is 0.416 e. The molecular formula is C16H12F3N3O4S. The maximum Gasteiger partial charge on any atom is 0.416 e. The summed E-state index contributed by atoms with van der Waals surface area (Å²) < 4.78 is 67.1. The van der Waals surface area contributed by atoms with Crippen LogP contribution in [0.1, 0.15) is 11.1 Å². The van der Waals surface area contributed by atoms with E-state index in [2.05, 4.69) is 0 Å². The molecule has 27 heavy (non-hydrogen) atoms. The molecule has 1 amide bonds. The number of halogens is 3. The van der Waals surface area contributed by atoms with E-state index in [9.17, 15) is 26.4 Å². The average molecular weight is 399 g/mol. The SMILES string of the molecule is N#Cc1ccc(OCC(=O)NNS(=O)(=O)c2cccc(C(F)(F)F)c2)cc1. The highest BCUT2D eigenvalue weighted by atomic mass is 32.2. The number of hydrazine groups is 1. The molecule has 2 N–H and O–H groups in total. The second-order valence-corrected chi connectivity index (χ2v) is 6.79. The Morgan fingerprint density at radius 2 is 1.81 bits per heavy atom. The number of amides is 1. The Kier molecular flexibility index (Phi) is 6.04. The number of alkyl halides is 3. The van der Waals surface area contributed by atoms with Crippen LogP contribution in [0.2, 0.25) is 0 Å². The molecule has 2 aromatic rings. The van der Waals surface area contributed by atoms with Gasteiger partial charge in [0.25, 0.3) is 15.9 Å². The first-order valence-electron chi connectivity index (χ1n) is 7.23. The molecule has 11 heteroatoms. The molecule has 2 aromatic carbocycles. The zero-order valence-corrected chi connectivity index (χ0v) is 14.3. The van der Waals surface area contributed by atoms with E-state index in [4.69, 9.17) is 10.00 Å². The zero-order valence-electron chi connectivity index (χ0n) is 13.4. The van der Waals surface area contributed by atoms with Crippen molar-refractivity contribution >= 4 is 15.9 Å². The second-order valence-electron chi connectivity index (χ2n) is 5.10. The fourth-order valence-electron chi connectivity index (χ4n) is 1.83. The Labute approximate surface area is 152 Å². The normalized spacial score (nSPS) is 11.5. The third-order valence-corrected chi connectivity index (χ3v) is 4.40. The summed E-state index contributed by atoms with van der Waals surface area (Å²) in [6.07, 6.45) is -4.70. The van der Waals surface area contributed by atoms with Gasteiger partial charge in [-0.15, -0.1) is 4.83 Å². The van der Waals surface area contributed by atoms with Crippen LogP contribution in [0.4, 0.5) is 13.2 Å². The van der Waals surface area contributed by atoms with E-state index >= 15 is 0 Å². The van der Waals surface area contributed by atoms with Gasteiger partial charge in [-0.3, -0.25) is 10.2 Å². The highest BCUT2D eigenvalue weighted by molar-refractivity contribution is 7.89. The standard InChI is InChI=1S/C16H12F3N3O4S/c17-16(18,19)12-2-1-3-14(8-12)27(24,25)22-21-15(23)10-26-13-6-4-11(9-20)5-7-13/h1-8,22H,10H2,(H,21,23). The Hall–Kier alpha value is -3.10. The fraction of sp³-hybridized carbons (Fsp3) is 0.125. The average Bonchev–Trinajstić information content (AvgIpc) is 2.64. The molecule has 0 heterocycles. The maximum atomic E-state index is 12.7.